The van der Waals surface area contributed by atoms with Crippen LogP contribution in [0.15, 0.2) is 31.0 Å². The lowest BCUT2D eigenvalue weighted by Gasteiger charge is -2.31. The summed E-state index contributed by atoms with van der Waals surface area (Å²) in [5.74, 6) is -7.83. The number of pyridine rings is 1. The van der Waals surface area contributed by atoms with Crippen LogP contribution >= 0.6 is 0 Å². The maximum Gasteiger partial charge on any atom is 0.205 e. The number of imidazole rings is 1. The molecule has 2 aromatic rings. The fraction of sp³-hybridized carbons (Fsp3) is 0.455. The standard InChI is InChI=1S/C18H27N5O.2C2H2O4/c1-3-10-22-11-7-15(8-12-22)20-18-21-16-6-5-9-19-17(16)23(18)13-14-24-4-2;2*3-1(4)2(5)6/h3,5-6,9,15H,1,4,7-8,10-14H2,2H3,(H,20,21);2*(H,3,4)(H,5,6)/p-4. The van der Waals surface area contributed by atoms with Gasteiger partial charge in [-0.25, -0.2) is 9.97 Å². The number of carbonyl (C=O) groups is 4. The van der Waals surface area contributed by atoms with Crippen LogP contribution in [0.4, 0.5) is 5.95 Å². The fourth-order valence-electron chi connectivity index (χ4n) is 3.21. The second kappa shape index (κ2) is 15.8. The van der Waals surface area contributed by atoms with Crippen LogP contribution in [0.5, 0.6) is 0 Å². The largest absolute Gasteiger partial charge is 0.543 e. The van der Waals surface area contributed by atoms with Gasteiger partial charge >= 0.3 is 0 Å². The molecule has 0 spiro atoms. The van der Waals surface area contributed by atoms with Crippen LogP contribution in [-0.4, -0.2) is 82.2 Å². The summed E-state index contributed by atoms with van der Waals surface area (Å²) >= 11 is 0. The minimum Gasteiger partial charge on any atom is -0.543 e. The van der Waals surface area contributed by atoms with Crippen LogP contribution in [0, 0.1) is 0 Å². The first-order valence-electron chi connectivity index (χ1n) is 10.9. The maximum atomic E-state index is 8.93. The van der Waals surface area contributed by atoms with E-state index in [1.807, 2.05) is 31.3 Å². The number of aromatic nitrogens is 3. The van der Waals surface area contributed by atoms with Gasteiger partial charge in [-0.2, -0.15) is 0 Å². The fourth-order valence-corrected chi connectivity index (χ4v) is 3.21. The highest BCUT2D eigenvalue weighted by molar-refractivity contribution is 6.25. The molecule has 14 heteroatoms. The van der Waals surface area contributed by atoms with E-state index in [4.69, 9.17) is 49.3 Å². The predicted octanol–water partition coefficient (Wildman–Crippen LogP) is -4.50. The number of hydrogen-bond acceptors (Lipinski definition) is 13. The van der Waals surface area contributed by atoms with Crippen LogP contribution in [-0.2, 0) is 30.5 Å². The van der Waals surface area contributed by atoms with E-state index < -0.39 is 23.9 Å². The van der Waals surface area contributed by atoms with Gasteiger partial charge in [0.1, 0.15) is 5.52 Å². The highest BCUT2D eigenvalue weighted by Gasteiger charge is 2.21. The van der Waals surface area contributed by atoms with E-state index in [0.717, 1.165) is 62.7 Å². The Morgan fingerprint density at radius 2 is 1.69 bits per heavy atom. The molecule has 0 saturated carbocycles. The summed E-state index contributed by atoms with van der Waals surface area (Å²) in [5.41, 5.74) is 1.85. The Kier molecular flexibility index (Phi) is 13.1. The summed E-state index contributed by atoms with van der Waals surface area (Å²) in [5, 5.41) is 39.3. The van der Waals surface area contributed by atoms with E-state index in [1.54, 1.807) is 0 Å². The summed E-state index contributed by atoms with van der Waals surface area (Å²) < 4.78 is 7.66. The smallest absolute Gasteiger partial charge is 0.205 e. The van der Waals surface area contributed by atoms with Crippen molar-refractivity contribution in [1.29, 1.82) is 0 Å². The summed E-state index contributed by atoms with van der Waals surface area (Å²) in [6.07, 6.45) is 6.04. The number of piperidine rings is 1. The number of carboxylic acid groups (broad SMARTS) is 4. The first-order chi connectivity index (χ1) is 17.1. The van der Waals surface area contributed by atoms with Crippen molar-refractivity contribution in [2.75, 3.05) is 38.2 Å². The lowest BCUT2D eigenvalue weighted by atomic mass is 10.1. The molecule has 198 valence electrons. The van der Waals surface area contributed by atoms with Gasteiger partial charge in [0.15, 0.2) is 5.65 Å². The van der Waals surface area contributed by atoms with E-state index >= 15 is 0 Å². The van der Waals surface area contributed by atoms with Crippen molar-refractivity contribution in [1.82, 2.24) is 19.4 Å². The number of likely N-dealkylation sites (tertiary alicyclic amines) is 1. The minimum absolute atomic E-state index is 0.453. The summed E-state index contributed by atoms with van der Waals surface area (Å²) in [6, 6.07) is 4.39. The zero-order chi connectivity index (χ0) is 27.1. The molecule has 2 aromatic heterocycles. The zero-order valence-electron chi connectivity index (χ0n) is 19.7. The Morgan fingerprint density at radius 3 is 2.19 bits per heavy atom. The van der Waals surface area contributed by atoms with Crippen molar-refractivity contribution in [2.24, 2.45) is 0 Å². The Bertz CT molecular complexity index is 984. The Balaban J connectivity index is 0.000000450. The maximum absolute atomic E-state index is 8.93. The van der Waals surface area contributed by atoms with Crippen molar-refractivity contribution in [3.63, 3.8) is 0 Å². The SMILES string of the molecule is C=CCN1CCC(Nc2nc3cccnc3n2CCOCC)CC1.O=C([O-])C(=O)[O-].O=C([O-])C(=O)[O-]. The molecule has 0 unspecified atom stereocenters. The average molecular weight is 505 g/mol. The van der Waals surface area contributed by atoms with Gasteiger partial charge in [0.25, 0.3) is 0 Å². The quantitative estimate of drug-likeness (QED) is 0.203. The van der Waals surface area contributed by atoms with Gasteiger partial charge in [-0.15, -0.1) is 6.58 Å². The predicted molar refractivity (Wildman–Crippen MR) is 117 cm³/mol. The molecule has 0 aromatic carbocycles. The van der Waals surface area contributed by atoms with Gasteiger partial charge in [0.05, 0.1) is 37.0 Å². The van der Waals surface area contributed by atoms with Crippen LogP contribution < -0.4 is 25.7 Å². The lowest BCUT2D eigenvalue weighted by molar-refractivity contribution is -0.345. The zero-order valence-corrected chi connectivity index (χ0v) is 19.7. The lowest BCUT2D eigenvalue weighted by Crippen LogP contribution is -2.42. The molecule has 0 aliphatic carbocycles. The number of nitrogens with zero attached hydrogens (tertiary/aromatic N) is 4. The summed E-state index contributed by atoms with van der Waals surface area (Å²) in [6.45, 7) is 11.2. The molecular formula is C22H27N5O9-4. The number of carbonyl (C=O) groups excluding carboxylic acids is 4. The summed E-state index contributed by atoms with van der Waals surface area (Å²) in [4.78, 5) is 47.4. The first-order valence-corrected chi connectivity index (χ1v) is 10.9. The van der Waals surface area contributed by atoms with E-state index in [0.29, 0.717) is 12.6 Å². The third kappa shape index (κ3) is 10.5. The van der Waals surface area contributed by atoms with Gasteiger partial charge in [-0.1, -0.05) is 6.08 Å². The van der Waals surface area contributed by atoms with Crippen LogP contribution in [0.2, 0.25) is 0 Å². The van der Waals surface area contributed by atoms with E-state index in [-0.39, 0.29) is 0 Å². The van der Waals surface area contributed by atoms with E-state index in [2.05, 4.69) is 26.3 Å². The molecule has 1 saturated heterocycles. The van der Waals surface area contributed by atoms with E-state index in [9.17, 15) is 0 Å². The van der Waals surface area contributed by atoms with Crippen LogP contribution in [0.25, 0.3) is 11.2 Å². The van der Waals surface area contributed by atoms with Crippen molar-refractivity contribution in [3.8, 4) is 0 Å². The highest BCUT2D eigenvalue weighted by Crippen LogP contribution is 2.21. The second-order valence-corrected chi connectivity index (χ2v) is 7.29. The molecular weight excluding hydrogens is 478 g/mol. The first kappa shape index (κ1) is 30.0. The Hall–Kier alpha value is -4.04. The Labute approximate surface area is 206 Å². The van der Waals surface area contributed by atoms with E-state index in [1.165, 1.54) is 0 Å². The molecule has 1 N–H and O–H groups in total. The molecule has 0 amide bonds. The molecule has 1 fully saturated rings. The topological polar surface area (TPSA) is 216 Å². The third-order valence-corrected chi connectivity index (χ3v) is 4.81. The van der Waals surface area contributed by atoms with Gasteiger partial charge in [0.2, 0.25) is 5.95 Å². The minimum atomic E-state index is -2.19. The van der Waals surface area contributed by atoms with Crippen molar-refractivity contribution in [2.45, 2.75) is 32.4 Å². The highest BCUT2D eigenvalue weighted by atomic mass is 16.5. The normalized spacial score (nSPS) is 13.5. The number of anilines is 1. The molecule has 3 rings (SSSR count). The van der Waals surface area contributed by atoms with Crippen molar-refractivity contribution in [3.05, 3.63) is 31.0 Å². The van der Waals surface area contributed by atoms with Crippen LogP contribution in [0.1, 0.15) is 19.8 Å². The molecule has 0 radical (unpaired) electrons. The molecule has 14 nitrogen and oxygen atoms in total. The Morgan fingerprint density at radius 1 is 1.11 bits per heavy atom. The third-order valence-electron chi connectivity index (χ3n) is 4.81. The van der Waals surface area contributed by atoms with Gasteiger partial charge in [-0.05, 0) is 31.9 Å². The molecule has 0 bridgehead atoms. The molecule has 3 heterocycles. The number of ether oxygens (including phenoxy) is 1. The monoisotopic (exact) mass is 505 g/mol. The van der Waals surface area contributed by atoms with Crippen molar-refractivity contribution < 1.29 is 44.3 Å². The van der Waals surface area contributed by atoms with Crippen LogP contribution in [0.3, 0.4) is 0 Å². The number of rotatable bonds is 8. The number of aliphatic carboxylic acids is 4. The second-order valence-electron chi connectivity index (χ2n) is 7.29. The van der Waals surface area contributed by atoms with Gasteiger partial charge in [-0.3, -0.25) is 9.47 Å². The number of hydrogen-bond donors (Lipinski definition) is 1. The number of fused-ring (bicyclic) bond motifs is 1. The molecule has 0 atom stereocenters. The van der Waals surface area contributed by atoms with Crippen molar-refractivity contribution >= 4 is 41.0 Å². The molecule has 1 aliphatic rings. The summed E-state index contributed by atoms with van der Waals surface area (Å²) in [7, 11) is 0. The van der Waals surface area contributed by atoms with Gasteiger partial charge < -0.3 is 49.7 Å². The average Bonchev–Trinajstić information content (AvgIpc) is 3.18. The molecule has 36 heavy (non-hydrogen) atoms. The van der Waals surface area contributed by atoms with Gasteiger partial charge in [0, 0.05) is 38.5 Å². The number of nitrogens with one attached hydrogen (secondary N) is 1. The molecule has 1 aliphatic heterocycles. The number of carboxylic acids is 4.